The number of hydrogen-bond donors (Lipinski definition) is 0. The number of rotatable bonds is 7. The quantitative estimate of drug-likeness (QED) is 0.222. The zero-order valence-electron chi connectivity index (χ0n) is 20.7. The van der Waals surface area contributed by atoms with Crippen LogP contribution in [0.1, 0.15) is 11.5 Å². The SMILES string of the molecule is C=C/C=C(\C=C)c1nc(-c2ccccc2)nc(-c2cccc(-c3ccc(-c4cccnc4C)cc3)c2)n1. The number of benzene rings is 3. The van der Waals surface area contributed by atoms with Crippen molar-refractivity contribution < 1.29 is 0 Å². The van der Waals surface area contributed by atoms with Gasteiger partial charge in [-0.3, -0.25) is 4.98 Å². The van der Waals surface area contributed by atoms with Crippen molar-refractivity contribution in [3.63, 3.8) is 0 Å². The second-order valence-corrected chi connectivity index (χ2v) is 8.53. The number of pyridine rings is 1. The van der Waals surface area contributed by atoms with Crippen molar-refractivity contribution in [1.82, 2.24) is 19.9 Å². The summed E-state index contributed by atoms with van der Waals surface area (Å²) in [5.41, 5.74) is 8.11. The smallest absolute Gasteiger partial charge is 0.164 e. The van der Waals surface area contributed by atoms with Crippen molar-refractivity contribution in [2.45, 2.75) is 6.92 Å². The summed E-state index contributed by atoms with van der Waals surface area (Å²) in [6.45, 7) is 9.77. The highest BCUT2D eigenvalue weighted by molar-refractivity contribution is 5.76. The third kappa shape index (κ3) is 5.19. The summed E-state index contributed by atoms with van der Waals surface area (Å²) >= 11 is 0. The summed E-state index contributed by atoms with van der Waals surface area (Å²) in [7, 11) is 0. The molecule has 178 valence electrons. The molecule has 2 aromatic heterocycles. The molecule has 0 unspecified atom stereocenters. The Morgan fingerprint density at radius 3 is 2.03 bits per heavy atom. The Balaban J connectivity index is 1.56. The lowest BCUT2D eigenvalue weighted by Gasteiger charge is -2.10. The highest BCUT2D eigenvalue weighted by Gasteiger charge is 2.13. The van der Waals surface area contributed by atoms with E-state index in [4.69, 9.17) is 15.0 Å². The van der Waals surface area contributed by atoms with Gasteiger partial charge in [-0.1, -0.05) is 110 Å². The van der Waals surface area contributed by atoms with Gasteiger partial charge in [0, 0.05) is 34.2 Å². The number of nitrogens with zero attached hydrogens (tertiary/aromatic N) is 4. The molecule has 0 spiro atoms. The monoisotopic (exact) mass is 478 g/mol. The normalized spacial score (nSPS) is 11.2. The summed E-state index contributed by atoms with van der Waals surface area (Å²) in [5.74, 6) is 1.77. The van der Waals surface area contributed by atoms with E-state index >= 15 is 0 Å². The van der Waals surface area contributed by atoms with Gasteiger partial charge in [0.15, 0.2) is 17.5 Å². The van der Waals surface area contributed by atoms with Crippen LogP contribution in [-0.4, -0.2) is 19.9 Å². The molecule has 0 saturated heterocycles. The first kappa shape index (κ1) is 23.8. The maximum Gasteiger partial charge on any atom is 0.164 e. The summed E-state index contributed by atoms with van der Waals surface area (Å²) < 4.78 is 0. The van der Waals surface area contributed by atoms with E-state index in [-0.39, 0.29) is 0 Å². The van der Waals surface area contributed by atoms with E-state index in [1.165, 1.54) is 0 Å². The molecule has 5 rings (SSSR count). The number of allylic oxidation sites excluding steroid dienone is 4. The minimum absolute atomic E-state index is 0.556. The van der Waals surface area contributed by atoms with Crippen LogP contribution in [0.5, 0.6) is 0 Å². The Morgan fingerprint density at radius 1 is 0.649 bits per heavy atom. The largest absolute Gasteiger partial charge is 0.261 e. The molecule has 0 saturated carbocycles. The van der Waals surface area contributed by atoms with Gasteiger partial charge in [-0.15, -0.1) is 0 Å². The molecule has 4 heteroatoms. The molecule has 0 aliphatic heterocycles. The molecule has 3 aromatic carbocycles. The second-order valence-electron chi connectivity index (χ2n) is 8.53. The third-order valence-electron chi connectivity index (χ3n) is 6.10. The van der Waals surface area contributed by atoms with Crippen LogP contribution in [0, 0.1) is 6.92 Å². The first-order valence-corrected chi connectivity index (χ1v) is 12.1. The molecule has 4 nitrogen and oxygen atoms in total. The lowest BCUT2D eigenvalue weighted by atomic mass is 9.98. The average molecular weight is 479 g/mol. The van der Waals surface area contributed by atoms with Crippen LogP contribution in [-0.2, 0) is 0 Å². The predicted octanol–water partition coefficient (Wildman–Crippen LogP) is 8.00. The Labute approximate surface area is 217 Å². The van der Waals surface area contributed by atoms with Gasteiger partial charge in [0.1, 0.15) is 0 Å². The first-order valence-electron chi connectivity index (χ1n) is 12.1. The van der Waals surface area contributed by atoms with Crippen molar-refractivity contribution >= 4 is 5.57 Å². The Bertz CT molecular complexity index is 1600. The summed E-state index contributed by atoms with van der Waals surface area (Å²) in [5, 5.41) is 0. The van der Waals surface area contributed by atoms with Crippen LogP contribution in [0.25, 0.3) is 50.6 Å². The van der Waals surface area contributed by atoms with Gasteiger partial charge in [0.25, 0.3) is 0 Å². The highest BCUT2D eigenvalue weighted by Crippen LogP contribution is 2.29. The molecule has 0 amide bonds. The van der Waals surface area contributed by atoms with Crippen molar-refractivity contribution in [3.05, 3.63) is 140 Å². The Morgan fingerprint density at radius 2 is 1.32 bits per heavy atom. The molecule has 5 aromatic rings. The van der Waals surface area contributed by atoms with Crippen LogP contribution in [0.2, 0.25) is 0 Å². The topological polar surface area (TPSA) is 51.6 Å². The minimum Gasteiger partial charge on any atom is -0.261 e. The molecule has 0 fully saturated rings. The summed E-state index contributed by atoms with van der Waals surface area (Å²) in [6.07, 6.45) is 7.11. The van der Waals surface area contributed by atoms with E-state index in [1.54, 1.807) is 12.2 Å². The highest BCUT2D eigenvalue weighted by atomic mass is 15.0. The predicted molar refractivity (Wildman–Crippen MR) is 152 cm³/mol. The number of aromatic nitrogens is 4. The van der Waals surface area contributed by atoms with Crippen LogP contribution in [0.4, 0.5) is 0 Å². The van der Waals surface area contributed by atoms with Crippen LogP contribution < -0.4 is 0 Å². The molecule has 0 bridgehead atoms. The van der Waals surface area contributed by atoms with Crippen molar-refractivity contribution in [2.75, 3.05) is 0 Å². The van der Waals surface area contributed by atoms with Crippen LogP contribution in [0.3, 0.4) is 0 Å². The van der Waals surface area contributed by atoms with Gasteiger partial charge >= 0.3 is 0 Å². The third-order valence-corrected chi connectivity index (χ3v) is 6.10. The van der Waals surface area contributed by atoms with Gasteiger partial charge in [-0.05, 0) is 35.7 Å². The maximum absolute atomic E-state index is 4.83. The van der Waals surface area contributed by atoms with Gasteiger partial charge < -0.3 is 0 Å². The lowest BCUT2D eigenvalue weighted by molar-refractivity contribution is 1.04. The van der Waals surface area contributed by atoms with Crippen LogP contribution in [0.15, 0.2) is 129 Å². The molecule has 37 heavy (non-hydrogen) atoms. The van der Waals surface area contributed by atoms with Gasteiger partial charge in [0.05, 0.1) is 0 Å². The molecule has 0 N–H and O–H groups in total. The number of hydrogen-bond acceptors (Lipinski definition) is 4. The van der Waals surface area contributed by atoms with Gasteiger partial charge in [0.2, 0.25) is 0 Å². The first-order chi connectivity index (χ1) is 18.2. The second kappa shape index (κ2) is 10.8. The molecule has 0 radical (unpaired) electrons. The lowest BCUT2D eigenvalue weighted by Crippen LogP contribution is -2.02. The molecule has 0 aliphatic rings. The zero-order valence-corrected chi connectivity index (χ0v) is 20.7. The maximum atomic E-state index is 4.83. The van der Waals surface area contributed by atoms with E-state index in [0.717, 1.165) is 44.6 Å². The van der Waals surface area contributed by atoms with E-state index in [9.17, 15) is 0 Å². The van der Waals surface area contributed by atoms with E-state index in [0.29, 0.717) is 17.5 Å². The molecular formula is C33H26N4. The fraction of sp³-hybridized carbons (Fsp3) is 0.0303. The zero-order chi connectivity index (χ0) is 25.6. The molecule has 0 aliphatic carbocycles. The van der Waals surface area contributed by atoms with E-state index in [1.807, 2.05) is 67.7 Å². The van der Waals surface area contributed by atoms with Crippen molar-refractivity contribution in [1.29, 1.82) is 0 Å². The standard InChI is InChI=1S/C33H26N4/c1-4-11-24(5-2)31-35-32(27-12-7-6-8-13-27)37-33(36-31)29-15-9-14-28(22-29)25-17-19-26(20-18-25)30-16-10-21-34-23(30)3/h4-22H,1-2H2,3H3/b24-11+. The van der Waals surface area contributed by atoms with E-state index < -0.39 is 0 Å². The molecule has 2 heterocycles. The van der Waals surface area contributed by atoms with Gasteiger partial charge in [-0.25, -0.2) is 15.0 Å². The Kier molecular flexibility index (Phi) is 6.91. The molecular weight excluding hydrogens is 452 g/mol. The Hall–Kier alpha value is -4.96. The fourth-order valence-electron chi connectivity index (χ4n) is 4.18. The minimum atomic E-state index is 0.556. The number of aryl methyl sites for hydroxylation is 1. The average Bonchev–Trinajstić information content (AvgIpc) is 2.96. The van der Waals surface area contributed by atoms with Gasteiger partial charge in [-0.2, -0.15) is 0 Å². The molecule has 0 atom stereocenters. The van der Waals surface area contributed by atoms with E-state index in [2.05, 4.69) is 60.6 Å². The van der Waals surface area contributed by atoms with Crippen molar-refractivity contribution in [3.8, 4) is 45.0 Å². The fourth-order valence-corrected chi connectivity index (χ4v) is 4.18. The van der Waals surface area contributed by atoms with Crippen LogP contribution >= 0.6 is 0 Å². The summed E-state index contributed by atoms with van der Waals surface area (Å²) in [4.78, 5) is 18.8. The van der Waals surface area contributed by atoms with Crippen molar-refractivity contribution in [2.24, 2.45) is 0 Å². The summed E-state index contributed by atoms with van der Waals surface area (Å²) in [6, 6.07) is 30.8.